The van der Waals surface area contributed by atoms with Crippen LogP contribution in [0, 0.1) is 11.6 Å². The number of benzene rings is 2. The van der Waals surface area contributed by atoms with Crippen LogP contribution in [0.15, 0.2) is 72.0 Å². The molecule has 4 N–H and O–H groups in total. The monoisotopic (exact) mass is 770 g/mol. The molecule has 0 spiro atoms. The third-order valence-electron chi connectivity index (χ3n) is 8.06. The SMILES string of the molecule is C=NN(C)/C(=C\C)c1ccc(C=O)nn1.CNc1cc(CCCc2cc(NC)c(C(=O)O)cc2F)c(F)cc1C(=O)O.Cn1nccc1-c1ccc(C=O)nn1. The summed E-state index contributed by atoms with van der Waals surface area (Å²) in [5, 5.41) is 48.3. The summed E-state index contributed by atoms with van der Waals surface area (Å²) >= 11 is 0. The zero-order valence-electron chi connectivity index (χ0n) is 31.2. The Kier molecular flexibility index (Phi) is 16.1. The molecular weight excluding hydrogens is 730 g/mol. The number of allylic oxidation sites excluding steroid dienone is 1. The van der Waals surface area contributed by atoms with Gasteiger partial charge in [-0.1, -0.05) is 6.08 Å². The number of carbonyl (C=O) groups excluding carboxylic acids is 2. The highest BCUT2D eigenvalue weighted by atomic mass is 19.1. The van der Waals surface area contributed by atoms with Gasteiger partial charge in [0.05, 0.1) is 22.5 Å². The fraction of sp³-hybridized carbons (Fsp3) is 0.211. The average molecular weight is 771 g/mol. The van der Waals surface area contributed by atoms with Crippen LogP contribution in [0.25, 0.3) is 17.1 Å². The zero-order valence-corrected chi connectivity index (χ0v) is 31.2. The number of carboxylic acids is 2. The van der Waals surface area contributed by atoms with Gasteiger partial charge >= 0.3 is 11.9 Å². The molecule has 3 heterocycles. The van der Waals surface area contributed by atoms with E-state index in [9.17, 15) is 28.0 Å². The number of aryl methyl sites for hydroxylation is 3. The van der Waals surface area contributed by atoms with E-state index >= 15 is 0 Å². The Labute approximate surface area is 320 Å². The fourth-order valence-electron chi connectivity index (χ4n) is 5.14. The summed E-state index contributed by atoms with van der Waals surface area (Å²) < 4.78 is 30.0. The average Bonchev–Trinajstić information content (AvgIpc) is 3.65. The standard InChI is InChI=1S/C19H20F2N2O4.C10H12N4O.C9H8N4O/c1-22-16-6-10(14(20)8-12(16)18(24)25)4-3-5-11-7-17(23-2)13(19(26)27)9-15(11)21;1-4-10(14(3)11-2)9-6-5-8(7-15)12-13-9;1-13-9(4-5-10-13)8-3-2-7(6-14)11-12-8/h6-9,22-23H,3-5H2,1-2H3,(H,24,25)(H,26,27);4-7H,2H2,1,3H3;2-6H,1H3/b;10-4-;. The number of anilines is 2. The highest BCUT2D eigenvalue weighted by Crippen LogP contribution is 2.25. The number of nitrogens with one attached hydrogen (secondary N) is 2. The van der Waals surface area contributed by atoms with Crippen LogP contribution < -0.4 is 10.6 Å². The second-order valence-corrected chi connectivity index (χ2v) is 11.5. The molecule has 5 rings (SSSR count). The second-order valence-electron chi connectivity index (χ2n) is 11.5. The van der Waals surface area contributed by atoms with Gasteiger partial charge in [-0.3, -0.25) is 19.3 Å². The van der Waals surface area contributed by atoms with E-state index in [1.807, 2.05) is 26.1 Å². The number of hydrogen-bond acceptors (Lipinski definition) is 13. The molecule has 56 heavy (non-hydrogen) atoms. The Balaban J connectivity index is 0.000000245. The molecule has 0 unspecified atom stereocenters. The van der Waals surface area contributed by atoms with Gasteiger partial charge in [0, 0.05) is 52.5 Å². The maximum Gasteiger partial charge on any atom is 0.337 e. The van der Waals surface area contributed by atoms with Crippen molar-refractivity contribution in [2.75, 3.05) is 31.8 Å². The first-order valence-corrected chi connectivity index (χ1v) is 16.7. The van der Waals surface area contributed by atoms with Gasteiger partial charge in [-0.25, -0.2) is 18.4 Å². The minimum atomic E-state index is -1.23. The van der Waals surface area contributed by atoms with Gasteiger partial charge in [0.1, 0.15) is 34.4 Å². The fourth-order valence-corrected chi connectivity index (χ4v) is 5.14. The van der Waals surface area contributed by atoms with Crippen molar-refractivity contribution in [2.24, 2.45) is 12.1 Å². The summed E-state index contributed by atoms with van der Waals surface area (Å²) in [6.45, 7) is 5.29. The largest absolute Gasteiger partial charge is 0.478 e. The Hall–Kier alpha value is -7.24. The Morgan fingerprint density at radius 2 is 1.36 bits per heavy atom. The molecular formula is C38H40F2N10O6. The van der Waals surface area contributed by atoms with Crippen molar-refractivity contribution in [1.82, 2.24) is 35.2 Å². The number of aldehydes is 2. The molecule has 5 aromatic rings. The Morgan fingerprint density at radius 1 is 0.839 bits per heavy atom. The third-order valence-corrected chi connectivity index (χ3v) is 8.06. The summed E-state index contributed by atoms with van der Waals surface area (Å²) in [7, 11) is 6.67. The van der Waals surface area contributed by atoms with Crippen molar-refractivity contribution in [1.29, 1.82) is 0 Å². The molecule has 0 saturated carbocycles. The second kappa shape index (κ2) is 20.9. The molecule has 0 bridgehead atoms. The van der Waals surface area contributed by atoms with Crippen LogP contribution in [-0.2, 0) is 19.9 Å². The quantitative estimate of drug-likeness (QED) is 0.0623. The van der Waals surface area contributed by atoms with Crippen molar-refractivity contribution in [2.45, 2.75) is 26.2 Å². The lowest BCUT2D eigenvalue weighted by molar-refractivity contribution is 0.0686. The number of nitrogens with zero attached hydrogens (tertiary/aromatic N) is 8. The van der Waals surface area contributed by atoms with Crippen molar-refractivity contribution in [3.8, 4) is 11.4 Å². The summed E-state index contributed by atoms with van der Waals surface area (Å²) in [6, 6.07) is 13.3. The number of hydrazone groups is 1. The molecule has 0 amide bonds. The molecule has 18 heteroatoms. The van der Waals surface area contributed by atoms with Crippen molar-refractivity contribution in [3.05, 3.63) is 118 Å². The van der Waals surface area contributed by atoms with Gasteiger partial charge in [0.2, 0.25) is 0 Å². The normalized spacial score (nSPS) is 10.5. The number of carbonyl (C=O) groups is 4. The summed E-state index contributed by atoms with van der Waals surface area (Å²) in [6.07, 6.45) is 5.80. The molecule has 2 aromatic carbocycles. The first kappa shape index (κ1) is 43.2. The molecule has 3 aromatic heterocycles. The van der Waals surface area contributed by atoms with Crippen LogP contribution in [-0.4, -0.2) is 97.8 Å². The molecule has 16 nitrogen and oxygen atoms in total. The van der Waals surface area contributed by atoms with Crippen LogP contribution in [0.4, 0.5) is 20.2 Å². The molecule has 0 radical (unpaired) electrons. The zero-order chi connectivity index (χ0) is 41.4. The van der Waals surface area contributed by atoms with E-state index in [4.69, 9.17) is 10.2 Å². The molecule has 0 fully saturated rings. The van der Waals surface area contributed by atoms with Crippen molar-refractivity contribution in [3.63, 3.8) is 0 Å². The van der Waals surface area contributed by atoms with E-state index < -0.39 is 23.6 Å². The van der Waals surface area contributed by atoms with Crippen LogP contribution >= 0.6 is 0 Å². The summed E-state index contributed by atoms with van der Waals surface area (Å²) in [4.78, 5) is 43.0. The van der Waals surface area contributed by atoms with E-state index in [2.05, 4.69) is 47.9 Å². The van der Waals surface area contributed by atoms with Gasteiger partial charge in [-0.2, -0.15) is 10.2 Å². The van der Waals surface area contributed by atoms with Crippen molar-refractivity contribution >= 4 is 48.3 Å². The minimum Gasteiger partial charge on any atom is -0.478 e. The number of aromatic nitrogens is 6. The topological polar surface area (TPSA) is 218 Å². The third kappa shape index (κ3) is 11.4. The van der Waals surface area contributed by atoms with E-state index in [0.717, 1.165) is 23.5 Å². The molecule has 0 atom stereocenters. The number of aromatic carboxylic acids is 2. The lowest BCUT2D eigenvalue weighted by Gasteiger charge is -2.14. The van der Waals surface area contributed by atoms with Crippen LogP contribution in [0.3, 0.4) is 0 Å². The molecule has 0 aliphatic carbocycles. The highest BCUT2D eigenvalue weighted by molar-refractivity contribution is 5.95. The van der Waals surface area contributed by atoms with E-state index in [1.54, 1.807) is 61.3 Å². The lowest BCUT2D eigenvalue weighted by Crippen LogP contribution is -2.10. The highest BCUT2D eigenvalue weighted by Gasteiger charge is 2.17. The number of halogens is 2. The van der Waals surface area contributed by atoms with Crippen LogP contribution in [0.1, 0.15) is 71.9 Å². The minimum absolute atomic E-state index is 0.160. The Morgan fingerprint density at radius 3 is 1.71 bits per heavy atom. The predicted molar refractivity (Wildman–Crippen MR) is 206 cm³/mol. The van der Waals surface area contributed by atoms with E-state index in [-0.39, 0.29) is 24.0 Å². The maximum atomic E-state index is 14.2. The first-order chi connectivity index (χ1) is 26.8. The number of carboxylic acid groups (broad SMARTS) is 2. The van der Waals surface area contributed by atoms with Crippen LogP contribution in [0.2, 0.25) is 0 Å². The van der Waals surface area contributed by atoms with E-state index in [1.165, 1.54) is 12.1 Å². The molecule has 0 aliphatic rings. The van der Waals surface area contributed by atoms with Gasteiger partial charge < -0.3 is 20.8 Å². The lowest BCUT2D eigenvalue weighted by atomic mass is 9.99. The smallest absolute Gasteiger partial charge is 0.337 e. The molecule has 0 saturated heterocycles. The van der Waals surface area contributed by atoms with Gasteiger partial charge in [-0.15, -0.1) is 20.4 Å². The maximum absolute atomic E-state index is 14.2. The van der Waals surface area contributed by atoms with Gasteiger partial charge in [-0.05, 0) is 91.9 Å². The number of rotatable bonds is 14. The first-order valence-electron chi connectivity index (χ1n) is 16.7. The van der Waals surface area contributed by atoms with Crippen molar-refractivity contribution < 1.29 is 38.2 Å². The molecule has 292 valence electrons. The van der Waals surface area contributed by atoms with Gasteiger partial charge in [0.15, 0.2) is 12.6 Å². The van der Waals surface area contributed by atoms with E-state index in [0.29, 0.717) is 64.3 Å². The number of hydrogen-bond donors (Lipinski definition) is 4. The predicted octanol–water partition coefficient (Wildman–Crippen LogP) is 5.51. The summed E-state index contributed by atoms with van der Waals surface area (Å²) in [5.74, 6) is -3.73. The Bertz CT molecular complexity index is 2120. The molecule has 0 aliphatic heterocycles. The summed E-state index contributed by atoms with van der Waals surface area (Å²) in [5.41, 5.74) is 4.57. The van der Waals surface area contributed by atoms with Crippen LogP contribution in [0.5, 0.6) is 0 Å². The van der Waals surface area contributed by atoms with Gasteiger partial charge in [0.25, 0.3) is 0 Å².